The number of likely N-dealkylation sites (N-methyl/N-ethyl adjacent to an activating group) is 1. The van der Waals surface area contributed by atoms with Crippen molar-refractivity contribution in [2.45, 2.75) is 42.1 Å². The van der Waals surface area contributed by atoms with Crippen molar-refractivity contribution in [2.24, 2.45) is 0 Å². The summed E-state index contributed by atoms with van der Waals surface area (Å²) in [7, 11) is -2.52. The van der Waals surface area contributed by atoms with Gasteiger partial charge in [0.05, 0.1) is 11.1 Å². The molecule has 2 rings (SSSR count). The normalized spacial score (nSPS) is 21.1. The molecule has 1 aliphatic rings. The smallest absolute Gasteiger partial charge is 0.245 e. The van der Waals surface area contributed by atoms with Crippen LogP contribution in [0.1, 0.15) is 25.3 Å². The minimum absolute atomic E-state index is 0.0583. The van der Waals surface area contributed by atoms with Crippen molar-refractivity contribution in [1.82, 2.24) is 9.62 Å². The van der Waals surface area contributed by atoms with E-state index in [2.05, 4.69) is 21.2 Å². The Bertz CT molecular complexity index is 776. The van der Waals surface area contributed by atoms with Gasteiger partial charge in [0.2, 0.25) is 15.9 Å². The van der Waals surface area contributed by atoms with Crippen LogP contribution in [0.4, 0.5) is 0 Å². The van der Waals surface area contributed by atoms with Crippen LogP contribution >= 0.6 is 39.1 Å². The van der Waals surface area contributed by atoms with Crippen LogP contribution in [-0.4, -0.2) is 51.0 Å². The van der Waals surface area contributed by atoms with Crippen molar-refractivity contribution in [3.8, 4) is 0 Å². The molecule has 10 heteroatoms. The molecule has 0 spiro atoms. The second-order valence-electron chi connectivity index (χ2n) is 5.90. The predicted octanol–water partition coefficient (Wildman–Crippen LogP) is 3.19. The van der Waals surface area contributed by atoms with Crippen LogP contribution in [0.25, 0.3) is 0 Å². The molecule has 1 saturated heterocycles. The molecule has 1 amide bonds. The molecule has 1 heterocycles. The molecule has 1 aliphatic heterocycles. The Morgan fingerprint density at radius 2 is 2.12 bits per heavy atom. The molecule has 146 valence electrons. The van der Waals surface area contributed by atoms with Gasteiger partial charge in [-0.2, -0.15) is 4.31 Å². The molecule has 0 bridgehead atoms. The van der Waals surface area contributed by atoms with Gasteiger partial charge in [0.25, 0.3) is 0 Å². The van der Waals surface area contributed by atoms with E-state index in [9.17, 15) is 13.2 Å². The first-order chi connectivity index (χ1) is 12.3. The molecular weight excluding hydrogens is 467 g/mol. The average molecular weight is 488 g/mol. The van der Waals surface area contributed by atoms with Crippen molar-refractivity contribution in [1.29, 1.82) is 0 Å². The summed E-state index contributed by atoms with van der Waals surface area (Å²) in [4.78, 5) is 12.2. The van der Waals surface area contributed by atoms with Crippen LogP contribution in [0.5, 0.6) is 0 Å². The van der Waals surface area contributed by atoms with E-state index in [-0.39, 0.29) is 28.5 Å². The molecule has 6 nitrogen and oxygen atoms in total. The van der Waals surface area contributed by atoms with Crippen LogP contribution in [0.3, 0.4) is 0 Å². The Morgan fingerprint density at radius 3 is 2.69 bits per heavy atom. The fourth-order valence-corrected chi connectivity index (χ4v) is 6.29. The maximum atomic E-state index is 13.2. The van der Waals surface area contributed by atoms with Gasteiger partial charge in [-0.25, -0.2) is 8.42 Å². The van der Waals surface area contributed by atoms with Crippen LogP contribution in [0.2, 0.25) is 10.0 Å². The molecule has 2 atom stereocenters. The second kappa shape index (κ2) is 9.21. The number of alkyl halides is 1. The third-order valence-corrected chi connectivity index (χ3v) is 7.57. The highest BCUT2D eigenvalue weighted by Crippen LogP contribution is 2.36. The van der Waals surface area contributed by atoms with E-state index < -0.39 is 16.1 Å². The van der Waals surface area contributed by atoms with E-state index in [0.717, 1.165) is 6.42 Å². The standard InChI is InChI=1S/C16H21BrCl2N2O4S/c1-3-6-25-10-7-13(16(22)20-2)21(9-10)26(23,24)14-5-4-12(18)11(8-17)15(14)19/h4-5,10,13H,3,6-9H2,1-2H3,(H,20,22). The summed E-state index contributed by atoms with van der Waals surface area (Å²) in [6.07, 6.45) is 0.773. The molecule has 1 aromatic rings. The third-order valence-electron chi connectivity index (χ3n) is 4.19. The molecule has 0 saturated carbocycles. The SMILES string of the molecule is CCCOC1CC(C(=O)NC)N(S(=O)(=O)c2ccc(Cl)c(CBr)c2Cl)C1. The summed E-state index contributed by atoms with van der Waals surface area (Å²) in [5, 5.41) is 3.27. The van der Waals surface area contributed by atoms with Gasteiger partial charge in [0.15, 0.2) is 0 Å². The van der Waals surface area contributed by atoms with Crippen molar-refractivity contribution >= 4 is 55.1 Å². The number of carbonyl (C=O) groups excluding carboxylic acids is 1. The molecule has 0 aromatic heterocycles. The van der Waals surface area contributed by atoms with E-state index in [1.54, 1.807) is 0 Å². The maximum Gasteiger partial charge on any atom is 0.245 e. The van der Waals surface area contributed by atoms with Crippen LogP contribution in [0.15, 0.2) is 17.0 Å². The molecular formula is C16H21BrCl2N2O4S. The third kappa shape index (κ3) is 4.36. The number of carbonyl (C=O) groups is 1. The summed E-state index contributed by atoms with van der Waals surface area (Å²) in [6, 6.07) is 2.02. The molecule has 26 heavy (non-hydrogen) atoms. The Balaban J connectivity index is 2.43. The Hall–Kier alpha value is -0.380. The van der Waals surface area contributed by atoms with Gasteiger partial charge in [0, 0.05) is 42.5 Å². The highest BCUT2D eigenvalue weighted by molar-refractivity contribution is 9.08. The lowest BCUT2D eigenvalue weighted by molar-refractivity contribution is -0.123. The summed E-state index contributed by atoms with van der Waals surface area (Å²) >= 11 is 15.7. The molecule has 1 N–H and O–H groups in total. The number of amides is 1. The predicted molar refractivity (Wildman–Crippen MR) is 105 cm³/mol. The molecule has 0 aliphatic carbocycles. The lowest BCUT2D eigenvalue weighted by atomic mass is 10.2. The first-order valence-corrected chi connectivity index (χ1v) is 11.5. The number of rotatable bonds is 7. The quantitative estimate of drug-likeness (QED) is 0.599. The minimum atomic E-state index is -4.00. The number of hydrogen-bond donors (Lipinski definition) is 1. The lowest BCUT2D eigenvalue weighted by Crippen LogP contribution is -2.44. The summed E-state index contributed by atoms with van der Waals surface area (Å²) in [5.74, 6) is -0.373. The van der Waals surface area contributed by atoms with E-state index in [1.807, 2.05) is 6.92 Å². The van der Waals surface area contributed by atoms with E-state index in [1.165, 1.54) is 23.5 Å². The summed E-state index contributed by atoms with van der Waals surface area (Å²) < 4.78 is 33.3. The topological polar surface area (TPSA) is 75.7 Å². The van der Waals surface area contributed by atoms with Gasteiger partial charge < -0.3 is 10.1 Å². The fraction of sp³-hybridized carbons (Fsp3) is 0.562. The van der Waals surface area contributed by atoms with Crippen molar-refractivity contribution in [2.75, 3.05) is 20.2 Å². The molecule has 1 aromatic carbocycles. The first-order valence-electron chi connectivity index (χ1n) is 8.15. The van der Waals surface area contributed by atoms with E-state index in [0.29, 0.717) is 28.9 Å². The second-order valence-corrected chi connectivity index (χ2v) is 9.11. The molecule has 2 unspecified atom stereocenters. The summed E-state index contributed by atoms with van der Waals surface area (Å²) in [5.41, 5.74) is 0.490. The zero-order valence-electron chi connectivity index (χ0n) is 14.5. The van der Waals surface area contributed by atoms with Crippen LogP contribution in [-0.2, 0) is 24.9 Å². The Labute approximate surface area is 172 Å². The highest BCUT2D eigenvalue weighted by atomic mass is 79.9. The van der Waals surface area contributed by atoms with Crippen molar-refractivity contribution < 1.29 is 17.9 Å². The fourth-order valence-electron chi connectivity index (χ4n) is 2.87. The minimum Gasteiger partial charge on any atom is -0.377 e. The van der Waals surface area contributed by atoms with E-state index in [4.69, 9.17) is 27.9 Å². The highest BCUT2D eigenvalue weighted by Gasteiger charge is 2.44. The first kappa shape index (κ1) is 21.9. The maximum absolute atomic E-state index is 13.2. The number of halogens is 3. The lowest BCUT2D eigenvalue weighted by Gasteiger charge is -2.23. The largest absolute Gasteiger partial charge is 0.377 e. The Morgan fingerprint density at radius 1 is 1.42 bits per heavy atom. The zero-order valence-corrected chi connectivity index (χ0v) is 18.4. The van der Waals surface area contributed by atoms with Crippen molar-refractivity contribution in [3.05, 3.63) is 27.7 Å². The summed E-state index contributed by atoms with van der Waals surface area (Å²) in [6.45, 7) is 2.58. The van der Waals surface area contributed by atoms with E-state index >= 15 is 0 Å². The number of sulfonamides is 1. The number of nitrogens with one attached hydrogen (secondary N) is 1. The number of hydrogen-bond acceptors (Lipinski definition) is 4. The number of ether oxygens (including phenoxy) is 1. The van der Waals surface area contributed by atoms with Gasteiger partial charge in [-0.1, -0.05) is 46.1 Å². The number of nitrogens with zero attached hydrogens (tertiary/aromatic N) is 1. The van der Waals surface area contributed by atoms with Crippen LogP contribution < -0.4 is 5.32 Å². The average Bonchev–Trinajstić information content (AvgIpc) is 3.04. The van der Waals surface area contributed by atoms with Gasteiger partial charge in [-0.3, -0.25) is 4.79 Å². The molecule has 1 fully saturated rings. The van der Waals surface area contributed by atoms with Crippen LogP contribution in [0, 0.1) is 0 Å². The Kier molecular flexibility index (Phi) is 7.76. The van der Waals surface area contributed by atoms with Gasteiger partial charge >= 0.3 is 0 Å². The molecule has 0 radical (unpaired) electrons. The van der Waals surface area contributed by atoms with Gasteiger partial charge in [0.1, 0.15) is 10.9 Å². The van der Waals surface area contributed by atoms with Gasteiger partial charge in [-0.05, 0) is 18.6 Å². The zero-order chi connectivity index (χ0) is 19.5. The monoisotopic (exact) mass is 486 g/mol. The number of benzene rings is 1. The van der Waals surface area contributed by atoms with Crippen molar-refractivity contribution in [3.63, 3.8) is 0 Å². The van der Waals surface area contributed by atoms with Gasteiger partial charge in [-0.15, -0.1) is 0 Å².